The normalized spacial score (nSPS) is 16.6. The molecule has 0 aliphatic carbocycles. The van der Waals surface area contributed by atoms with E-state index in [1.165, 1.54) is 5.69 Å². The summed E-state index contributed by atoms with van der Waals surface area (Å²) in [6.07, 6.45) is 6.33. The molecule has 0 N–H and O–H groups in total. The highest BCUT2D eigenvalue weighted by Crippen LogP contribution is 2.19. The van der Waals surface area contributed by atoms with Crippen molar-refractivity contribution in [1.82, 2.24) is 9.47 Å². The SMILES string of the molecule is C[n+]1ccn(CN2CCN(c3ccc(Br)cc3)CC2)c1. The minimum atomic E-state index is 0.981. The van der Waals surface area contributed by atoms with Crippen LogP contribution >= 0.6 is 15.9 Å². The van der Waals surface area contributed by atoms with E-state index in [9.17, 15) is 0 Å². The fraction of sp³-hybridized carbons (Fsp3) is 0.400. The standard InChI is InChI=1S/C15H20BrN4/c1-17-6-7-19(12-17)13-18-8-10-20(11-9-18)15-4-2-14(16)3-5-15/h2-7,12H,8-11,13H2,1H3/q+1. The quantitative estimate of drug-likeness (QED) is 0.795. The van der Waals surface area contributed by atoms with Gasteiger partial charge < -0.3 is 4.90 Å². The molecule has 1 aromatic heterocycles. The van der Waals surface area contributed by atoms with E-state index in [0.717, 1.165) is 37.3 Å². The largest absolute Gasteiger partial charge is 0.369 e. The van der Waals surface area contributed by atoms with Gasteiger partial charge in [0.05, 0.1) is 7.05 Å². The summed E-state index contributed by atoms with van der Waals surface area (Å²) in [6.45, 7) is 5.38. The Morgan fingerprint density at radius 1 is 1.10 bits per heavy atom. The van der Waals surface area contributed by atoms with Crippen LogP contribution in [0.5, 0.6) is 0 Å². The van der Waals surface area contributed by atoms with E-state index in [1.54, 1.807) is 0 Å². The summed E-state index contributed by atoms with van der Waals surface area (Å²) in [5.41, 5.74) is 1.32. The lowest BCUT2D eigenvalue weighted by molar-refractivity contribution is -0.671. The molecule has 1 aliphatic heterocycles. The highest BCUT2D eigenvalue weighted by molar-refractivity contribution is 9.10. The maximum Gasteiger partial charge on any atom is 0.244 e. The van der Waals surface area contributed by atoms with Crippen molar-refractivity contribution in [2.45, 2.75) is 6.67 Å². The Kier molecular flexibility index (Phi) is 4.08. The van der Waals surface area contributed by atoms with Crippen molar-refractivity contribution in [3.63, 3.8) is 0 Å². The van der Waals surface area contributed by atoms with Gasteiger partial charge in [-0.3, -0.25) is 4.90 Å². The number of aromatic nitrogens is 2. The highest BCUT2D eigenvalue weighted by atomic mass is 79.9. The second-order valence-corrected chi connectivity index (χ2v) is 6.23. The van der Waals surface area contributed by atoms with Crippen molar-refractivity contribution in [2.24, 2.45) is 7.05 Å². The molecule has 0 atom stereocenters. The molecular weight excluding hydrogens is 316 g/mol. The molecular formula is C15H20BrN4+. The second kappa shape index (κ2) is 5.97. The lowest BCUT2D eigenvalue weighted by Crippen LogP contribution is -2.46. The average molecular weight is 336 g/mol. The maximum atomic E-state index is 3.49. The zero-order valence-corrected chi connectivity index (χ0v) is 13.3. The van der Waals surface area contributed by atoms with Crippen LogP contribution in [0.3, 0.4) is 0 Å². The van der Waals surface area contributed by atoms with Gasteiger partial charge in [0.1, 0.15) is 19.1 Å². The van der Waals surface area contributed by atoms with Crippen LogP contribution in [0.25, 0.3) is 0 Å². The number of imidazole rings is 1. The number of rotatable bonds is 3. The molecule has 0 amide bonds. The topological polar surface area (TPSA) is 15.3 Å². The fourth-order valence-electron chi connectivity index (χ4n) is 2.62. The predicted octanol–water partition coefficient (Wildman–Crippen LogP) is 1.85. The highest BCUT2D eigenvalue weighted by Gasteiger charge is 2.18. The molecule has 0 saturated carbocycles. The molecule has 0 radical (unpaired) electrons. The summed E-state index contributed by atoms with van der Waals surface area (Å²) in [4.78, 5) is 4.95. The number of aryl methyl sites for hydroxylation is 1. The molecule has 3 rings (SSSR count). The summed E-state index contributed by atoms with van der Waals surface area (Å²) in [6, 6.07) is 8.60. The van der Waals surface area contributed by atoms with E-state index in [-0.39, 0.29) is 0 Å². The molecule has 0 bridgehead atoms. The summed E-state index contributed by atoms with van der Waals surface area (Å²) in [5.74, 6) is 0. The molecule has 20 heavy (non-hydrogen) atoms. The molecule has 4 nitrogen and oxygen atoms in total. The second-order valence-electron chi connectivity index (χ2n) is 5.32. The first-order valence-corrected chi connectivity index (χ1v) is 7.74. The van der Waals surface area contributed by atoms with Crippen LogP contribution in [0.2, 0.25) is 0 Å². The van der Waals surface area contributed by atoms with E-state index >= 15 is 0 Å². The number of halogens is 1. The maximum absolute atomic E-state index is 3.49. The first-order chi connectivity index (χ1) is 9.70. The summed E-state index contributed by atoms with van der Waals surface area (Å²) >= 11 is 3.49. The van der Waals surface area contributed by atoms with Crippen LogP contribution in [-0.2, 0) is 13.7 Å². The molecule has 2 aromatic rings. The zero-order valence-electron chi connectivity index (χ0n) is 11.7. The Morgan fingerprint density at radius 2 is 1.80 bits per heavy atom. The number of anilines is 1. The summed E-state index contributed by atoms with van der Waals surface area (Å²) in [7, 11) is 2.06. The van der Waals surface area contributed by atoms with Crippen LogP contribution in [-0.4, -0.2) is 35.6 Å². The molecule has 106 valence electrons. The molecule has 1 aliphatic rings. The molecule has 1 saturated heterocycles. The number of benzene rings is 1. The minimum absolute atomic E-state index is 0.981. The number of piperazine rings is 1. The monoisotopic (exact) mass is 335 g/mol. The summed E-state index contributed by atoms with van der Waals surface area (Å²) < 4.78 is 5.45. The van der Waals surface area contributed by atoms with Crippen LogP contribution < -0.4 is 9.47 Å². The van der Waals surface area contributed by atoms with E-state index in [4.69, 9.17) is 0 Å². The first-order valence-electron chi connectivity index (χ1n) is 6.94. The zero-order chi connectivity index (χ0) is 13.9. The fourth-order valence-corrected chi connectivity index (χ4v) is 2.88. The Bertz CT molecular complexity index is 556. The van der Waals surface area contributed by atoms with Gasteiger partial charge in [0.15, 0.2) is 0 Å². The summed E-state index contributed by atoms with van der Waals surface area (Å²) in [5, 5.41) is 0. The predicted molar refractivity (Wildman–Crippen MR) is 83.5 cm³/mol. The van der Waals surface area contributed by atoms with Gasteiger partial charge in [0.25, 0.3) is 0 Å². The molecule has 1 fully saturated rings. The third-order valence-corrected chi connectivity index (χ3v) is 4.28. The Morgan fingerprint density at radius 3 is 2.40 bits per heavy atom. The number of hydrogen-bond acceptors (Lipinski definition) is 2. The number of hydrogen-bond donors (Lipinski definition) is 0. The lowest BCUT2D eigenvalue weighted by atomic mass is 10.2. The Hall–Kier alpha value is -1.33. The Balaban J connectivity index is 1.55. The van der Waals surface area contributed by atoms with Crippen molar-refractivity contribution in [3.8, 4) is 0 Å². The van der Waals surface area contributed by atoms with Crippen LogP contribution in [0.4, 0.5) is 5.69 Å². The van der Waals surface area contributed by atoms with Gasteiger partial charge in [0, 0.05) is 36.3 Å². The van der Waals surface area contributed by atoms with Gasteiger partial charge in [-0.1, -0.05) is 15.9 Å². The van der Waals surface area contributed by atoms with Crippen LogP contribution in [0.15, 0.2) is 47.5 Å². The van der Waals surface area contributed by atoms with Gasteiger partial charge in [0.2, 0.25) is 6.33 Å². The molecule has 2 heterocycles. The molecule has 1 aromatic carbocycles. The number of nitrogens with zero attached hydrogens (tertiary/aromatic N) is 4. The van der Waals surface area contributed by atoms with Crippen molar-refractivity contribution in [1.29, 1.82) is 0 Å². The van der Waals surface area contributed by atoms with Gasteiger partial charge in [-0.25, -0.2) is 9.13 Å². The van der Waals surface area contributed by atoms with E-state index < -0.39 is 0 Å². The Labute approximate surface area is 128 Å². The van der Waals surface area contributed by atoms with Crippen molar-refractivity contribution >= 4 is 21.6 Å². The van der Waals surface area contributed by atoms with Crippen molar-refractivity contribution < 1.29 is 4.57 Å². The van der Waals surface area contributed by atoms with Gasteiger partial charge >= 0.3 is 0 Å². The van der Waals surface area contributed by atoms with Crippen molar-refractivity contribution in [3.05, 3.63) is 47.5 Å². The van der Waals surface area contributed by atoms with E-state index in [2.05, 4.69) is 84.9 Å². The van der Waals surface area contributed by atoms with E-state index in [1.807, 2.05) is 0 Å². The third kappa shape index (κ3) is 3.22. The molecule has 5 heteroatoms. The average Bonchev–Trinajstić information content (AvgIpc) is 2.86. The smallest absolute Gasteiger partial charge is 0.244 e. The van der Waals surface area contributed by atoms with Gasteiger partial charge in [-0.2, -0.15) is 0 Å². The van der Waals surface area contributed by atoms with Crippen LogP contribution in [0.1, 0.15) is 0 Å². The minimum Gasteiger partial charge on any atom is -0.369 e. The van der Waals surface area contributed by atoms with Gasteiger partial charge in [-0.05, 0) is 24.3 Å². The molecule has 0 spiro atoms. The molecule has 0 unspecified atom stereocenters. The first kappa shape index (κ1) is 13.6. The van der Waals surface area contributed by atoms with Gasteiger partial charge in [-0.15, -0.1) is 0 Å². The third-order valence-electron chi connectivity index (χ3n) is 3.75. The lowest BCUT2D eigenvalue weighted by Gasteiger charge is -2.35. The van der Waals surface area contributed by atoms with Crippen LogP contribution in [0, 0.1) is 0 Å². The van der Waals surface area contributed by atoms with E-state index in [0.29, 0.717) is 0 Å². The van der Waals surface area contributed by atoms with Crippen molar-refractivity contribution in [2.75, 3.05) is 31.1 Å².